The zero-order chi connectivity index (χ0) is 23.8. The van der Waals surface area contributed by atoms with Crippen LogP contribution in [0.1, 0.15) is 42.3 Å². The Morgan fingerprint density at radius 1 is 1.03 bits per heavy atom. The standard InChI is InChI=1S/C28H25BrN4O/c1-18(2)27-31-25-13-12-22(29)14-24(25)28(34)33(27)30-15-21-17-32(26-7-5-4-6-23(21)26)16-20-10-8-19(3)9-11-20/h4-15,17-18H,16H2,1-3H3. The number of hydrogen-bond donors (Lipinski definition) is 0. The summed E-state index contributed by atoms with van der Waals surface area (Å²) in [6.07, 6.45) is 3.87. The van der Waals surface area contributed by atoms with Crippen LogP contribution in [0.4, 0.5) is 0 Å². The molecular formula is C28H25BrN4O. The molecule has 5 aromatic rings. The Kier molecular flexibility index (Phi) is 5.92. The van der Waals surface area contributed by atoms with Crippen molar-refractivity contribution in [2.45, 2.75) is 33.2 Å². The maximum atomic E-state index is 13.3. The molecule has 0 unspecified atom stereocenters. The smallest absolute Gasteiger partial charge is 0.282 e. The molecule has 5 nitrogen and oxygen atoms in total. The van der Waals surface area contributed by atoms with Gasteiger partial charge in [0.1, 0.15) is 5.82 Å². The molecule has 5 rings (SSSR count). The molecule has 0 saturated heterocycles. The molecule has 0 aliphatic heterocycles. The molecule has 0 atom stereocenters. The fourth-order valence-corrected chi connectivity index (χ4v) is 4.53. The van der Waals surface area contributed by atoms with E-state index in [1.807, 2.05) is 38.1 Å². The Bertz CT molecular complexity index is 1590. The third kappa shape index (κ3) is 4.21. The highest BCUT2D eigenvalue weighted by Gasteiger charge is 2.14. The SMILES string of the molecule is Cc1ccc(Cn2cc(C=Nn3c(C(C)C)nc4ccc(Br)cc4c3=O)c3ccccc32)cc1. The Morgan fingerprint density at radius 3 is 2.56 bits per heavy atom. The Morgan fingerprint density at radius 2 is 1.79 bits per heavy atom. The maximum Gasteiger partial charge on any atom is 0.282 e. The van der Waals surface area contributed by atoms with Crippen molar-refractivity contribution in [3.05, 3.63) is 110 Å². The quantitative estimate of drug-likeness (QED) is 0.253. The van der Waals surface area contributed by atoms with Gasteiger partial charge in [-0.05, 0) is 36.8 Å². The van der Waals surface area contributed by atoms with E-state index in [0.29, 0.717) is 16.7 Å². The summed E-state index contributed by atoms with van der Waals surface area (Å²) in [6.45, 7) is 6.90. The summed E-state index contributed by atoms with van der Waals surface area (Å²) in [5.74, 6) is 0.681. The van der Waals surface area contributed by atoms with Gasteiger partial charge in [-0.1, -0.05) is 77.8 Å². The van der Waals surface area contributed by atoms with Crippen LogP contribution in [0.2, 0.25) is 0 Å². The van der Waals surface area contributed by atoms with Crippen LogP contribution >= 0.6 is 15.9 Å². The van der Waals surface area contributed by atoms with Gasteiger partial charge >= 0.3 is 0 Å². The van der Waals surface area contributed by atoms with Gasteiger partial charge in [0.05, 0.1) is 17.1 Å². The minimum Gasteiger partial charge on any atom is -0.342 e. The van der Waals surface area contributed by atoms with E-state index < -0.39 is 0 Å². The maximum absolute atomic E-state index is 13.3. The van der Waals surface area contributed by atoms with Crippen molar-refractivity contribution in [1.29, 1.82) is 0 Å². The summed E-state index contributed by atoms with van der Waals surface area (Å²) in [4.78, 5) is 18.1. The minimum absolute atomic E-state index is 0.0424. The van der Waals surface area contributed by atoms with E-state index in [-0.39, 0.29) is 11.5 Å². The van der Waals surface area contributed by atoms with E-state index in [1.165, 1.54) is 15.8 Å². The lowest BCUT2D eigenvalue weighted by Crippen LogP contribution is -2.23. The molecule has 0 amide bonds. The van der Waals surface area contributed by atoms with Crippen LogP contribution in [0.15, 0.2) is 87.3 Å². The van der Waals surface area contributed by atoms with Crippen LogP contribution < -0.4 is 5.56 Å². The van der Waals surface area contributed by atoms with Crippen molar-refractivity contribution in [2.24, 2.45) is 5.10 Å². The van der Waals surface area contributed by atoms with Gasteiger partial charge in [0.15, 0.2) is 0 Å². The Labute approximate surface area is 206 Å². The van der Waals surface area contributed by atoms with E-state index in [2.05, 4.69) is 75.1 Å². The molecule has 34 heavy (non-hydrogen) atoms. The molecular weight excluding hydrogens is 488 g/mol. The number of rotatable bonds is 5. The first-order valence-corrected chi connectivity index (χ1v) is 12.1. The van der Waals surface area contributed by atoms with Gasteiger partial charge in [0.2, 0.25) is 0 Å². The van der Waals surface area contributed by atoms with Crippen molar-refractivity contribution in [3.8, 4) is 0 Å². The van der Waals surface area contributed by atoms with Crippen molar-refractivity contribution in [3.63, 3.8) is 0 Å². The Balaban J connectivity index is 1.61. The summed E-state index contributed by atoms with van der Waals surface area (Å²) < 4.78 is 4.50. The second kappa shape index (κ2) is 9.03. The van der Waals surface area contributed by atoms with Gasteiger partial charge in [-0.25, -0.2) is 4.98 Å². The molecule has 6 heteroatoms. The number of benzene rings is 3. The lowest BCUT2D eigenvalue weighted by atomic mass is 10.1. The number of nitrogens with zero attached hydrogens (tertiary/aromatic N) is 4. The number of aromatic nitrogens is 3. The van der Waals surface area contributed by atoms with Crippen LogP contribution in [-0.4, -0.2) is 20.4 Å². The minimum atomic E-state index is -0.172. The summed E-state index contributed by atoms with van der Waals surface area (Å²) in [5, 5.41) is 6.28. The van der Waals surface area contributed by atoms with E-state index in [4.69, 9.17) is 4.98 Å². The van der Waals surface area contributed by atoms with Gasteiger partial charge in [-0.15, -0.1) is 0 Å². The topological polar surface area (TPSA) is 52.2 Å². The second-order valence-electron chi connectivity index (χ2n) is 8.86. The molecule has 2 aromatic heterocycles. The highest BCUT2D eigenvalue weighted by atomic mass is 79.9. The molecule has 0 spiro atoms. The molecule has 0 fully saturated rings. The summed E-state index contributed by atoms with van der Waals surface area (Å²) in [6, 6.07) is 22.4. The van der Waals surface area contributed by atoms with Crippen molar-refractivity contribution >= 4 is 44.0 Å². The van der Waals surface area contributed by atoms with Gasteiger partial charge in [-0.3, -0.25) is 4.79 Å². The van der Waals surface area contributed by atoms with Gasteiger partial charge < -0.3 is 4.57 Å². The highest BCUT2D eigenvalue weighted by Crippen LogP contribution is 2.22. The number of para-hydroxylation sites is 1. The average molecular weight is 513 g/mol. The average Bonchev–Trinajstić information content (AvgIpc) is 3.17. The first-order chi connectivity index (χ1) is 16.4. The van der Waals surface area contributed by atoms with E-state index in [9.17, 15) is 4.79 Å². The molecule has 0 aliphatic rings. The van der Waals surface area contributed by atoms with Gasteiger partial charge in [0, 0.05) is 39.6 Å². The second-order valence-corrected chi connectivity index (χ2v) is 9.78. The summed E-state index contributed by atoms with van der Waals surface area (Å²) in [5.41, 5.74) is 5.07. The molecule has 0 radical (unpaired) electrons. The molecule has 3 aromatic carbocycles. The molecule has 0 saturated carbocycles. The molecule has 0 aliphatic carbocycles. The largest absolute Gasteiger partial charge is 0.342 e. The number of hydrogen-bond acceptors (Lipinski definition) is 3. The zero-order valence-electron chi connectivity index (χ0n) is 19.4. The van der Waals surface area contributed by atoms with Gasteiger partial charge in [-0.2, -0.15) is 9.78 Å². The first kappa shape index (κ1) is 22.3. The van der Waals surface area contributed by atoms with Crippen LogP contribution in [0.25, 0.3) is 21.8 Å². The summed E-state index contributed by atoms with van der Waals surface area (Å²) >= 11 is 3.46. The number of halogens is 1. The monoisotopic (exact) mass is 512 g/mol. The Hall–Kier alpha value is -3.51. The van der Waals surface area contributed by atoms with E-state index in [1.54, 1.807) is 12.3 Å². The van der Waals surface area contributed by atoms with Crippen molar-refractivity contribution in [2.75, 3.05) is 0 Å². The third-order valence-electron chi connectivity index (χ3n) is 5.96. The predicted octanol–water partition coefficient (Wildman–Crippen LogP) is 6.48. The normalized spacial score (nSPS) is 11.9. The first-order valence-electron chi connectivity index (χ1n) is 11.3. The fourth-order valence-electron chi connectivity index (χ4n) is 4.17. The number of fused-ring (bicyclic) bond motifs is 2. The summed E-state index contributed by atoms with van der Waals surface area (Å²) in [7, 11) is 0. The lowest BCUT2D eigenvalue weighted by Gasteiger charge is -2.11. The fraction of sp³-hybridized carbons (Fsp3) is 0.179. The molecule has 170 valence electrons. The van der Waals surface area contributed by atoms with E-state index >= 15 is 0 Å². The van der Waals surface area contributed by atoms with Crippen molar-refractivity contribution in [1.82, 2.24) is 14.2 Å². The molecule has 0 bridgehead atoms. The zero-order valence-corrected chi connectivity index (χ0v) is 21.0. The third-order valence-corrected chi connectivity index (χ3v) is 6.45. The highest BCUT2D eigenvalue weighted by molar-refractivity contribution is 9.10. The van der Waals surface area contributed by atoms with E-state index in [0.717, 1.165) is 27.5 Å². The van der Waals surface area contributed by atoms with Crippen LogP contribution in [0, 0.1) is 6.92 Å². The van der Waals surface area contributed by atoms with Gasteiger partial charge in [0.25, 0.3) is 5.56 Å². The number of aryl methyl sites for hydroxylation is 1. The van der Waals surface area contributed by atoms with Crippen molar-refractivity contribution < 1.29 is 0 Å². The van der Waals surface area contributed by atoms with Crippen LogP contribution in [0.5, 0.6) is 0 Å². The van der Waals surface area contributed by atoms with Crippen LogP contribution in [-0.2, 0) is 6.54 Å². The molecule has 0 N–H and O–H groups in total. The lowest BCUT2D eigenvalue weighted by molar-refractivity contribution is 0.665. The predicted molar refractivity (Wildman–Crippen MR) is 143 cm³/mol. The molecule has 2 heterocycles. The van der Waals surface area contributed by atoms with Crippen LogP contribution in [0.3, 0.4) is 0 Å².